The zero-order valence-corrected chi connectivity index (χ0v) is 13.2. The van der Waals surface area contributed by atoms with Gasteiger partial charge in [-0.25, -0.2) is 0 Å². The van der Waals surface area contributed by atoms with Gasteiger partial charge in [-0.05, 0) is 23.3 Å². The van der Waals surface area contributed by atoms with Crippen LogP contribution in [0.3, 0.4) is 0 Å². The van der Waals surface area contributed by atoms with Gasteiger partial charge in [-0.2, -0.15) is 13.2 Å². The van der Waals surface area contributed by atoms with Crippen LogP contribution in [0.5, 0.6) is 0 Å². The maximum absolute atomic E-state index is 12.8. The van der Waals surface area contributed by atoms with Crippen molar-refractivity contribution >= 4 is 24.0 Å². The normalized spacial score (nSPS) is 12.5. The van der Waals surface area contributed by atoms with Crippen LogP contribution in [0.25, 0.3) is 0 Å². The predicted octanol–water partition coefficient (Wildman–Crippen LogP) is 5.05. The maximum atomic E-state index is 12.8. The fraction of sp³-hybridized carbons (Fsp3) is 0.250. The Balaban J connectivity index is 0.00000242. The van der Waals surface area contributed by atoms with Crippen molar-refractivity contribution in [3.8, 4) is 0 Å². The van der Waals surface area contributed by atoms with Gasteiger partial charge in [0, 0.05) is 12.4 Å². The number of halogens is 5. The van der Waals surface area contributed by atoms with Gasteiger partial charge in [0.25, 0.3) is 0 Å². The van der Waals surface area contributed by atoms with Crippen molar-refractivity contribution in [1.29, 1.82) is 0 Å². The summed E-state index contributed by atoms with van der Waals surface area (Å²) in [5.74, 6) is 0.391. The van der Waals surface area contributed by atoms with E-state index in [-0.39, 0.29) is 18.4 Å². The van der Waals surface area contributed by atoms with Crippen molar-refractivity contribution in [2.75, 3.05) is 12.4 Å². The Hall–Kier alpha value is -1.23. The maximum Gasteiger partial charge on any atom is 0.416 e. The largest absolute Gasteiger partial charge is 0.416 e. The molecule has 0 saturated heterocycles. The van der Waals surface area contributed by atoms with E-state index in [0.29, 0.717) is 18.0 Å². The SMILES string of the molecule is Cl.FC(F)(F)c1cccc(C(NCCCl)c2ccccc2)c1. The minimum absolute atomic E-state index is 0. The second-order valence-corrected chi connectivity index (χ2v) is 4.99. The zero-order valence-electron chi connectivity index (χ0n) is 11.6. The average Bonchev–Trinajstić information content (AvgIpc) is 2.48. The highest BCUT2D eigenvalue weighted by Gasteiger charge is 2.31. The van der Waals surface area contributed by atoms with Crippen LogP contribution in [-0.2, 0) is 6.18 Å². The third-order valence-corrected chi connectivity index (χ3v) is 3.31. The van der Waals surface area contributed by atoms with Crippen LogP contribution in [0.2, 0.25) is 0 Å². The first kappa shape index (κ1) is 18.8. The third kappa shape index (κ3) is 4.90. The quantitative estimate of drug-likeness (QED) is 0.745. The molecular formula is C16H16Cl2F3N. The summed E-state index contributed by atoms with van der Waals surface area (Å²) in [6.45, 7) is 0.511. The fourth-order valence-electron chi connectivity index (χ4n) is 2.17. The average molecular weight is 350 g/mol. The van der Waals surface area contributed by atoms with E-state index in [0.717, 1.165) is 11.6 Å². The van der Waals surface area contributed by atoms with Crippen LogP contribution in [0.1, 0.15) is 22.7 Å². The Morgan fingerprint density at radius 2 is 1.59 bits per heavy atom. The molecule has 120 valence electrons. The molecule has 2 rings (SSSR count). The van der Waals surface area contributed by atoms with Gasteiger partial charge in [0.1, 0.15) is 0 Å². The van der Waals surface area contributed by atoms with E-state index in [9.17, 15) is 13.2 Å². The lowest BCUT2D eigenvalue weighted by atomic mass is 9.97. The van der Waals surface area contributed by atoms with Gasteiger partial charge in [-0.1, -0.05) is 42.5 Å². The molecule has 1 atom stereocenters. The Labute approximate surface area is 138 Å². The molecule has 0 aliphatic rings. The van der Waals surface area contributed by atoms with Crippen molar-refractivity contribution in [2.45, 2.75) is 12.2 Å². The number of hydrogen-bond acceptors (Lipinski definition) is 1. The smallest absolute Gasteiger partial charge is 0.305 e. The van der Waals surface area contributed by atoms with Gasteiger partial charge in [0.2, 0.25) is 0 Å². The van der Waals surface area contributed by atoms with E-state index >= 15 is 0 Å². The van der Waals surface area contributed by atoms with Gasteiger partial charge in [0.05, 0.1) is 11.6 Å². The second kappa shape index (κ2) is 8.42. The number of rotatable bonds is 5. The van der Waals surface area contributed by atoms with E-state index in [2.05, 4.69) is 5.32 Å². The summed E-state index contributed by atoms with van der Waals surface area (Å²) in [7, 11) is 0. The first-order valence-electron chi connectivity index (χ1n) is 6.54. The molecule has 1 nitrogen and oxygen atoms in total. The highest BCUT2D eigenvalue weighted by molar-refractivity contribution is 6.18. The van der Waals surface area contributed by atoms with Crippen molar-refractivity contribution in [3.05, 3.63) is 71.3 Å². The van der Waals surface area contributed by atoms with Crippen molar-refractivity contribution < 1.29 is 13.2 Å². The molecule has 0 aliphatic heterocycles. The van der Waals surface area contributed by atoms with Gasteiger partial charge in [0.15, 0.2) is 0 Å². The molecular weight excluding hydrogens is 334 g/mol. The van der Waals surface area contributed by atoms with E-state index < -0.39 is 11.7 Å². The van der Waals surface area contributed by atoms with Crippen LogP contribution in [0.15, 0.2) is 54.6 Å². The number of alkyl halides is 4. The lowest BCUT2D eigenvalue weighted by Gasteiger charge is -2.20. The molecule has 0 bridgehead atoms. The highest BCUT2D eigenvalue weighted by atomic mass is 35.5. The van der Waals surface area contributed by atoms with Crippen LogP contribution < -0.4 is 5.32 Å². The third-order valence-electron chi connectivity index (χ3n) is 3.12. The molecule has 0 fully saturated rings. The molecule has 0 heterocycles. The van der Waals surface area contributed by atoms with Crippen LogP contribution >= 0.6 is 24.0 Å². The first-order valence-corrected chi connectivity index (χ1v) is 7.07. The topological polar surface area (TPSA) is 12.0 Å². The monoisotopic (exact) mass is 349 g/mol. The number of hydrogen-bond donors (Lipinski definition) is 1. The van der Waals surface area contributed by atoms with Crippen LogP contribution in [0, 0.1) is 0 Å². The lowest BCUT2D eigenvalue weighted by molar-refractivity contribution is -0.137. The summed E-state index contributed by atoms with van der Waals surface area (Å²) in [6.07, 6.45) is -4.34. The summed E-state index contributed by atoms with van der Waals surface area (Å²) < 4.78 is 38.5. The molecule has 0 amide bonds. The van der Waals surface area contributed by atoms with Crippen LogP contribution in [-0.4, -0.2) is 12.4 Å². The molecule has 2 aromatic carbocycles. The standard InChI is InChI=1S/C16H15ClF3N.ClH/c17-9-10-21-15(12-5-2-1-3-6-12)13-7-4-8-14(11-13)16(18,19)20;/h1-8,11,15,21H,9-10H2;1H. The van der Waals surface area contributed by atoms with E-state index in [1.807, 2.05) is 30.3 Å². The van der Waals surface area contributed by atoms with Gasteiger partial charge in [-0.3, -0.25) is 0 Å². The number of nitrogens with one attached hydrogen (secondary N) is 1. The molecule has 1 N–H and O–H groups in total. The number of benzene rings is 2. The molecule has 0 saturated carbocycles. The minimum atomic E-state index is -4.34. The molecule has 1 unspecified atom stereocenters. The predicted molar refractivity (Wildman–Crippen MR) is 85.7 cm³/mol. The molecule has 0 aliphatic carbocycles. The molecule has 2 aromatic rings. The second-order valence-electron chi connectivity index (χ2n) is 4.61. The van der Waals surface area contributed by atoms with Crippen molar-refractivity contribution in [3.63, 3.8) is 0 Å². The molecule has 0 spiro atoms. The summed E-state index contributed by atoms with van der Waals surface area (Å²) >= 11 is 5.68. The Kier molecular flexibility index (Phi) is 7.20. The summed E-state index contributed by atoms with van der Waals surface area (Å²) in [6, 6.07) is 14.4. The highest BCUT2D eigenvalue weighted by Crippen LogP contribution is 2.32. The van der Waals surface area contributed by atoms with Gasteiger partial charge < -0.3 is 5.32 Å². The van der Waals surface area contributed by atoms with E-state index in [4.69, 9.17) is 11.6 Å². The summed E-state index contributed by atoms with van der Waals surface area (Å²) in [4.78, 5) is 0. The van der Waals surface area contributed by atoms with Gasteiger partial charge in [-0.15, -0.1) is 24.0 Å². The first-order chi connectivity index (χ1) is 10.0. The summed E-state index contributed by atoms with van der Waals surface area (Å²) in [5, 5.41) is 3.18. The molecule has 0 radical (unpaired) electrons. The van der Waals surface area contributed by atoms with Crippen molar-refractivity contribution in [1.82, 2.24) is 5.32 Å². The molecule has 22 heavy (non-hydrogen) atoms. The Bertz CT molecular complexity index is 573. The summed E-state index contributed by atoms with van der Waals surface area (Å²) in [5.41, 5.74) is 0.830. The fourth-order valence-corrected chi connectivity index (χ4v) is 2.28. The molecule has 0 aromatic heterocycles. The van der Waals surface area contributed by atoms with Crippen molar-refractivity contribution in [2.24, 2.45) is 0 Å². The Morgan fingerprint density at radius 1 is 0.955 bits per heavy atom. The zero-order chi connectivity index (χ0) is 15.3. The molecule has 6 heteroatoms. The van der Waals surface area contributed by atoms with E-state index in [1.165, 1.54) is 12.1 Å². The van der Waals surface area contributed by atoms with E-state index in [1.54, 1.807) is 6.07 Å². The minimum Gasteiger partial charge on any atom is -0.305 e. The Morgan fingerprint density at radius 3 is 2.18 bits per heavy atom. The lowest BCUT2D eigenvalue weighted by Crippen LogP contribution is -2.24. The van der Waals surface area contributed by atoms with Gasteiger partial charge >= 0.3 is 6.18 Å². The van der Waals surface area contributed by atoms with Crippen LogP contribution in [0.4, 0.5) is 13.2 Å².